The van der Waals surface area contributed by atoms with Gasteiger partial charge in [-0.2, -0.15) is 4.98 Å². The number of likely N-dealkylation sites (N-methyl/N-ethyl adjacent to an activating group) is 1. The molecule has 0 spiro atoms. The molecule has 0 amide bonds. The molecular weight excluding hydrogens is 380 g/mol. The molecule has 1 atom stereocenters. The fourth-order valence-electron chi connectivity index (χ4n) is 2.71. The first-order valence-corrected chi connectivity index (χ1v) is 8.41. The maximum Gasteiger partial charge on any atom is 0.227 e. The molecule has 0 bridgehead atoms. The summed E-state index contributed by atoms with van der Waals surface area (Å²) < 4.78 is 6.56. The molecule has 1 fully saturated rings. The van der Waals surface area contributed by atoms with E-state index in [1.165, 1.54) is 11.1 Å². The summed E-state index contributed by atoms with van der Waals surface area (Å²) in [6, 6.07) is 6.63. The van der Waals surface area contributed by atoms with Gasteiger partial charge in [-0.3, -0.25) is 4.90 Å². The largest absolute Gasteiger partial charge is 0.339 e. The van der Waals surface area contributed by atoms with Gasteiger partial charge in [0, 0.05) is 30.5 Å². The van der Waals surface area contributed by atoms with Crippen LogP contribution in [0.4, 0.5) is 0 Å². The van der Waals surface area contributed by atoms with Crippen LogP contribution >= 0.6 is 28.3 Å². The van der Waals surface area contributed by atoms with Crippen molar-refractivity contribution in [1.29, 1.82) is 0 Å². The van der Waals surface area contributed by atoms with Crippen LogP contribution in [0.5, 0.6) is 0 Å². The predicted octanol–water partition coefficient (Wildman–Crippen LogP) is 2.92. The van der Waals surface area contributed by atoms with Gasteiger partial charge in [-0.1, -0.05) is 33.2 Å². The highest BCUT2D eigenvalue weighted by atomic mass is 79.9. The Bertz CT molecular complexity index is 649. The summed E-state index contributed by atoms with van der Waals surface area (Å²) in [7, 11) is 2.10. The number of hydrogen-bond donors (Lipinski definition) is 1. The number of piperazine rings is 1. The fourth-order valence-corrected chi connectivity index (χ4v) is 2.96. The van der Waals surface area contributed by atoms with Crippen molar-refractivity contribution in [2.24, 2.45) is 0 Å². The number of hydrogen-bond acceptors (Lipinski definition) is 5. The van der Waals surface area contributed by atoms with Gasteiger partial charge in [-0.15, -0.1) is 12.4 Å². The van der Waals surface area contributed by atoms with Gasteiger partial charge >= 0.3 is 0 Å². The molecule has 3 rings (SSSR count). The third kappa shape index (κ3) is 4.53. The smallest absolute Gasteiger partial charge is 0.227 e. The van der Waals surface area contributed by atoms with Gasteiger partial charge in [0.1, 0.15) is 0 Å². The lowest BCUT2D eigenvalue weighted by Gasteiger charge is -2.30. The molecule has 2 heterocycles. The van der Waals surface area contributed by atoms with Crippen LogP contribution in [0.25, 0.3) is 0 Å². The van der Waals surface area contributed by atoms with Crippen molar-refractivity contribution >= 4 is 28.3 Å². The van der Waals surface area contributed by atoms with Gasteiger partial charge in [-0.25, -0.2) is 0 Å². The van der Waals surface area contributed by atoms with E-state index in [2.05, 4.69) is 68.5 Å². The molecule has 1 N–H and O–H groups in total. The van der Waals surface area contributed by atoms with Crippen molar-refractivity contribution in [3.8, 4) is 0 Å². The first-order valence-electron chi connectivity index (χ1n) is 7.62. The van der Waals surface area contributed by atoms with Crippen LogP contribution in [-0.4, -0.2) is 41.7 Å². The number of nitrogens with one attached hydrogen (secondary N) is 1. The Labute approximate surface area is 151 Å². The van der Waals surface area contributed by atoms with E-state index in [0.717, 1.165) is 48.7 Å². The standard InChI is InChI=1S/C16H21BrN4O.ClH/c1-11-9-12(3-5-13(11)17)4-6-15-19-16(20-22-15)14-10-18-7-8-21(14)2;/h3,5,9,14,18H,4,6-8,10H2,1-2H3;1H. The molecule has 5 nitrogen and oxygen atoms in total. The van der Waals surface area contributed by atoms with E-state index in [0.29, 0.717) is 0 Å². The Morgan fingerprint density at radius 1 is 1.39 bits per heavy atom. The third-order valence-electron chi connectivity index (χ3n) is 4.14. The highest BCUT2D eigenvalue weighted by molar-refractivity contribution is 9.10. The lowest BCUT2D eigenvalue weighted by atomic mass is 10.1. The molecule has 0 saturated carbocycles. The molecule has 1 aromatic heterocycles. The van der Waals surface area contributed by atoms with Gasteiger partial charge < -0.3 is 9.84 Å². The minimum Gasteiger partial charge on any atom is -0.339 e. The van der Waals surface area contributed by atoms with Gasteiger partial charge in [0.25, 0.3) is 0 Å². The summed E-state index contributed by atoms with van der Waals surface area (Å²) in [5.41, 5.74) is 2.54. The first-order chi connectivity index (χ1) is 10.6. The van der Waals surface area contributed by atoms with Gasteiger partial charge in [0.05, 0.1) is 6.04 Å². The second-order valence-corrected chi connectivity index (χ2v) is 6.68. The van der Waals surface area contributed by atoms with Crippen LogP contribution in [0.3, 0.4) is 0 Å². The number of aryl methyl sites for hydroxylation is 3. The van der Waals surface area contributed by atoms with Crippen LogP contribution in [0.15, 0.2) is 27.2 Å². The third-order valence-corrected chi connectivity index (χ3v) is 5.03. The Morgan fingerprint density at radius 2 is 2.22 bits per heavy atom. The second kappa shape index (κ2) is 8.24. The summed E-state index contributed by atoms with van der Waals surface area (Å²) in [6.07, 6.45) is 1.69. The van der Waals surface area contributed by atoms with E-state index in [1.54, 1.807) is 0 Å². The minimum atomic E-state index is 0. The van der Waals surface area contributed by atoms with E-state index in [4.69, 9.17) is 4.52 Å². The van der Waals surface area contributed by atoms with Crippen molar-refractivity contribution in [3.63, 3.8) is 0 Å². The summed E-state index contributed by atoms with van der Waals surface area (Å²) in [6.45, 7) is 5.00. The number of aromatic nitrogens is 2. The van der Waals surface area contributed by atoms with E-state index in [1.807, 2.05) is 0 Å². The SMILES string of the molecule is Cc1cc(CCc2nc(C3CNCCN3C)no2)ccc1Br.Cl. The molecule has 7 heteroatoms. The van der Waals surface area contributed by atoms with Crippen molar-refractivity contribution in [2.75, 3.05) is 26.7 Å². The average molecular weight is 402 g/mol. The molecule has 1 saturated heterocycles. The summed E-state index contributed by atoms with van der Waals surface area (Å²) in [4.78, 5) is 6.84. The molecule has 2 aromatic rings. The Hall–Kier alpha value is -0.950. The van der Waals surface area contributed by atoms with Gasteiger partial charge in [-0.05, 0) is 37.6 Å². The normalized spacial score (nSPS) is 18.7. The zero-order valence-electron chi connectivity index (χ0n) is 13.4. The summed E-state index contributed by atoms with van der Waals surface area (Å²) in [5.74, 6) is 1.51. The fraction of sp³-hybridized carbons (Fsp3) is 0.500. The molecule has 1 aromatic carbocycles. The van der Waals surface area contributed by atoms with Crippen molar-refractivity contribution in [2.45, 2.75) is 25.8 Å². The van der Waals surface area contributed by atoms with E-state index in [9.17, 15) is 0 Å². The molecular formula is C16H22BrClN4O. The van der Waals surface area contributed by atoms with E-state index < -0.39 is 0 Å². The minimum absolute atomic E-state index is 0. The van der Waals surface area contributed by atoms with Crippen LogP contribution in [-0.2, 0) is 12.8 Å². The van der Waals surface area contributed by atoms with Crippen molar-refractivity contribution < 1.29 is 4.52 Å². The highest BCUT2D eigenvalue weighted by Crippen LogP contribution is 2.20. The van der Waals surface area contributed by atoms with Crippen LogP contribution < -0.4 is 5.32 Å². The first kappa shape index (κ1) is 18.4. The molecule has 23 heavy (non-hydrogen) atoms. The second-order valence-electron chi connectivity index (χ2n) is 5.83. The van der Waals surface area contributed by atoms with Crippen molar-refractivity contribution in [3.05, 3.63) is 45.5 Å². The maximum atomic E-state index is 5.42. The topological polar surface area (TPSA) is 54.2 Å². The predicted molar refractivity (Wildman–Crippen MR) is 96.1 cm³/mol. The van der Waals surface area contributed by atoms with Crippen LogP contribution in [0.1, 0.15) is 28.9 Å². The summed E-state index contributed by atoms with van der Waals surface area (Å²) >= 11 is 3.53. The van der Waals surface area contributed by atoms with E-state index >= 15 is 0 Å². The lowest BCUT2D eigenvalue weighted by Crippen LogP contribution is -2.44. The monoisotopic (exact) mass is 400 g/mol. The van der Waals surface area contributed by atoms with Crippen LogP contribution in [0.2, 0.25) is 0 Å². The lowest BCUT2D eigenvalue weighted by molar-refractivity contribution is 0.190. The number of benzene rings is 1. The number of halogens is 2. The quantitative estimate of drug-likeness (QED) is 0.853. The Balaban J connectivity index is 0.00000192. The molecule has 1 aliphatic rings. The molecule has 0 radical (unpaired) electrons. The Morgan fingerprint density at radius 3 is 2.96 bits per heavy atom. The van der Waals surface area contributed by atoms with Gasteiger partial charge in [0.2, 0.25) is 5.89 Å². The average Bonchev–Trinajstić information content (AvgIpc) is 2.98. The molecule has 126 valence electrons. The zero-order valence-corrected chi connectivity index (χ0v) is 15.8. The molecule has 0 aliphatic carbocycles. The number of rotatable bonds is 4. The number of nitrogens with zero attached hydrogens (tertiary/aromatic N) is 3. The van der Waals surface area contributed by atoms with E-state index in [-0.39, 0.29) is 18.4 Å². The van der Waals surface area contributed by atoms with Gasteiger partial charge in [0.15, 0.2) is 5.82 Å². The summed E-state index contributed by atoms with van der Waals surface area (Å²) in [5, 5.41) is 7.53. The Kier molecular flexibility index (Phi) is 6.59. The molecule has 1 unspecified atom stereocenters. The highest BCUT2D eigenvalue weighted by Gasteiger charge is 2.25. The maximum absolute atomic E-state index is 5.42. The van der Waals surface area contributed by atoms with Crippen LogP contribution in [0, 0.1) is 6.92 Å². The molecule has 1 aliphatic heterocycles. The zero-order chi connectivity index (χ0) is 15.5. The van der Waals surface area contributed by atoms with Crippen molar-refractivity contribution in [1.82, 2.24) is 20.4 Å².